The summed E-state index contributed by atoms with van der Waals surface area (Å²) in [6.07, 6.45) is 0. The molecule has 0 fully saturated rings. The quantitative estimate of drug-likeness (QED) is 0.785. The van der Waals surface area contributed by atoms with Crippen LogP contribution in [0, 0.1) is 6.92 Å². The van der Waals surface area contributed by atoms with Gasteiger partial charge in [0.1, 0.15) is 5.01 Å². The molecule has 0 saturated carbocycles. The summed E-state index contributed by atoms with van der Waals surface area (Å²) in [5.74, 6) is -0.193. The van der Waals surface area contributed by atoms with Gasteiger partial charge in [-0.2, -0.15) is 0 Å². The van der Waals surface area contributed by atoms with Crippen LogP contribution in [0.15, 0.2) is 0 Å². The maximum absolute atomic E-state index is 11.3. The normalized spacial score (nSPS) is 9.88. The highest BCUT2D eigenvalue weighted by atomic mass is 32.2. The van der Waals surface area contributed by atoms with E-state index in [4.69, 9.17) is 0 Å². The number of carbonyl (C=O) groups is 2. The molecule has 0 aliphatic heterocycles. The minimum Gasteiger partial charge on any atom is -0.468 e. The van der Waals surface area contributed by atoms with Crippen molar-refractivity contribution in [2.45, 2.75) is 6.92 Å². The molecule has 0 aliphatic rings. The Hall–Kier alpha value is -1.15. The van der Waals surface area contributed by atoms with Gasteiger partial charge in [-0.25, -0.2) is 0 Å². The molecular formula is C8H11N3O3S2. The number of hydrogen-bond donors (Lipinski definition) is 1. The fourth-order valence-corrected chi connectivity index (χ4v) is 2.04. The molecule has 1 N–H and O–H groups in total. The molecule has 1 aromatic heterocycles. The lowest BCUT2D eigenvalue weighted by Gasteiger charge is -2.00. The third-order valence-corrected chi connectivity index (χ3v) is 3.11. The molecule has 0 unspecified atom stereocenters. The van der Waals surface area contributed by atoms with E-state index in [1.165, 1.54) is 30.2 Å². The molecule has 0 atom stereocenters. The second-order valence-electron chi connectivity index (χ2n) is 2.74. The van der Waals surface area contributed by atoms with Gasteiger partial charge in [0.2, 0.25) is 11.0 Å². The van der Waals surface area contributed by atoms with Crippen LogP contribution in [0.1, 0.15) is 5.01 Å². The third-order valence-electron chi connectivity index (χ3n) is 1.45. The fourth-order valence-electron chi connectivity index (χ4n) is 0.788. The van der Waals surface area contributed by atoms with Crippen molar-refractivity contribution in [3.63, 3.8) is 0 Å². The maximum Gasteiger partial charge on any atom is 0.315 e. The van der Waals surface area contributed by atoms with E-state index in [0.29, 0.717) is 5.13 Å². The smallest absolute Gasteiger partial charge is 0.315 e. The fraction of sp³-hybridized carbons (Fsp3) is 0.500. The van der Waals surface area contributed by atoms with Gasteiger partial charge in [0, 0.05) is 0 Å². The topological polar surface area (TPSA) is 81.2 Å². The summed E-state index contributed by atoms with van der Waals surface area (Å²) in [5.41, 5.74) is 0. The van der Waals surface area contributed by atoms with Crippen LogP contribution in [-0.4, -0.2) is 40.7 Å². The Morgan fingerprint density at radius 1 is 1.44 bits per heavy atom. The summed E-state index contributed by atoms with van der Waals surface area (Å²) < 4.78 is 4.44. The molecule has 0 aliphatic carbocycles. The summed E-state index contributed by atoms with van der Waals surface area (Å²) in [5, 5.41) is 11.4. The number of amides is 1. The lowest BCUT2D eigenvalue weighted by molar-refractivity contribution is -0.137. The molecule has 0 saturated heterocycles. The molecule has 1 aromatic rings. The molecule has 1 rings (SSSR count). The average Bonchev–Trinajstić information content (AvgIpc) is 2.63. The summed E-state index contributed by atoms with van der Waals surface area (Å²) in [6, 6.07) is 0. The van der Waals surface area contributed by atoms with E-state index >= 15 is 0 Å². The van der Waals surface area contributed by atoms with E-state index in [1.54, 1.807) is 6.92 Å². The van der Waals surface area contributed by atoms with Gasteiger partial charge in [-0.1, -0.05) is 11.3 Å². The predicted octanol–water partition coefficient (Wildman–Crippen LogP) is 0.691. The van der Waals surface area contributed by atoms with Crippen LogP contribution in [0.4, 0.5) is 5.13 Å². The summed E-state index contributed by atoms with van der Waals surface area (Å²) in [6.45, 7) is 1.80. The first-order valence-corrected chi connectivity index (χ1v) is 6.33. The number of aryl methyl sites for hydroxylation is 1. The van der Waals surface area contributed by atoms with Crippen LogP contribution in [0.5, 0.6) is 0 Å². The largest absolute Gasteiger partial charge is 0.468 e. The van der Waals surface area contributed by atoms with Gasteiger partial charge in [0.25, 0.3) is 0 Å². The maximum atomic E-state index is 11.3. The molecule has 1 heterocycles. The van der Waals surface area contributed by atoms with Crippen molar-refractivity contribution in [3.05, 3.63) is 5.01 Å². The Morgan fingerprint density at radius 2 is 2.19 bits per heavy atom. The van der Waals surface area contributed by atoms with E-state index < -0.39 is 0 Å². The molecule has 0 radical (unpaired) electrons. The molecule has 0 bridgehead atoms. The number of rotatable bonds is 5. The molecule has 16 heavy (non-hydrogen) atoms. The summed E-state index contributed by atoms with van der Waals surface area (Å²) in [7, 11) is 1.31. The molecule has 88 valence electrons. The van der Waals surface area contributed by atoms with Crippen molar-refractivity contribution in [1.82, 2.24) is 10.2 Å². The van der Waals surface area contributed by atoms with Crippen molar-refractivity contribution < 1.29 is 14.3 Å². The first-order chi connectivity index (χ1) is 7.61. The Kier molecular flexibility index (Phi) is 5.20. The first-order valence-electron chi connectivity index (χ1n) is 4.36. The second kappa shape index (κ2) is 6.44. The van der Waals surface area contributed by atoms with E-state index in [0.717, 1.165) is 5.01 Å². The lowest BCUT2D eigenvalue weighted by atomic mass is 10.7. The number of hydrogen-bond acceptors (Lipinski definition) is 7. The van der Waals surface area contributed by atoms with Crippen LogP contribution in [0.3, 0.4) is 0 Å². The van der Waals surface area contributed by atoms with E-state index in [2.05, 4.69) is 20.3 Å². The van der Waals surface area contributed by atoms with Crippen molar-refractivity contribution >= 4 is 40.1 Å². The Balaban J connectivity index is 2.23. The monoisotopic (exact) mass is 261 g/mol. The van der Waals surface area contributed by atoms with Crippen molar-refractivity contribution in [3.8, 4) is 0 Å². The zero-order valence-electron chi connectivity index (χ0n) is 8.85. The van der Waals surface area contributed by atoms with E-state index in [1.807, 2.05) is 0 Å². The van der Waals surface area contributed by atoms with Crippen molar-refractivity contribution in [1.29, 1.82) is 0 Å². The highest BCUT2D eigenvalue weighted by Gasteiger charge is 2.08. The average molecular weight is 261 g/mol. The number of thioether (sulfide) groups is 1. The van der Waals surface area contributed by atoms with Crippen LogP contribution in [-0.2, 0) is 14.3 Å². The lowest BCUT2D eigenvalue weighted by Crippen LogP contribution is -2.15. The Morgan fingerprint density at radius 3 is 2.75 bits per heavy atom. The van der Waals surface area contributed by atoms with E-state index in [9.17, 15) is 9.59 Å². The Bertz CT molecular complexity index is 380. The molecular weight excluding hydrogens is 250 g/mol. The van der Waals surface area contributed by atoms with Gasteiger partial charge in [0.05, 0.1) is 18.6 Å². The van der Waals surface area contributed by atoms with Gasteiger partial charge < -0.3 is 4.74 Å². The van der Waals surface area contributed by atoms with Gasteiger partial charge >= 0.3 is 5.97 Å². The summed E-state index contributed by atoms with van der Waals surface area (Å²) >= 11 is 2.50. The highest BCUT2D eigenvalue weighted by Crippen LogP contribution is 2.13. The number of aromatic nitrogens is 2. The van der Waals surface area contributed by atoms with Gasteiger partial charge in [-0.3, -0.25) is 14.9 Å². The zero-order valence-corrected chi connectivity index (χ0v) is 10.5. The summed E-state index contributed by atoms with van der Waals surface area (Å²) in [4.78, 5) is 22.1. The highest BCUT2D eigenvalue weighted by molar-refractivity contribution is 8.00. The number of nitrogens with one attached hydrogen (secondary N) is 1. The number of esters is 1. The van der Waals surface area contributed by atoms with Crippen molar-refractivity contribution in [2.75, 3.05) is 23.9 Å². The molecule has 6 nitrogen and oxygen atoms in total. The second-order valence-corrected chi connectivity index (χ2v) is 4.91. The zero-order chi connectivity index (χ0) is 12.0. The molecule has 0 spiro atoms. The molecule has 1 amide bonds. The van der Waals surface area contributed by atoms with Crippen LogP contribution < -0.4 is 5.32 Å². The Labute approximate surface area is 101 Å². The first kappa shape index (κ1) is 12.9. The van der Waals surface area contributed by atoms with Gasteiger partial charge in [-0.05, 0) is 6.92 Å². The predicted molar refractivity (Wildman–Crippen MR) is 62.6 cm³/mol. The number of carbonyl (C=O) groups excluding carboxylic acids is 2. The van der Waals surface area contributed by atoms with Crippen LogP contribution >= 0.6 is 23.1 Å². The minimum absolute atomic E-state index is 0.166. The number of anilines is 1. The number of methoxy groups -OCH3 is 1. The van der Waals surface area contributed by atoms with Gasteiger partial charge in [0.15, 0.2) is 0 Å². The van der Waals surface area contributed by atoms with Crippen molar-refractivity contribution in [2.24, 2.45) is 0 Å². The SMILES string of the molecule is COC(=O)CSCC(=O)Nc1nnc(C)s1. The molecule has 0 aromatic carbocycles. The van der Waals surface area contributed by atoms with Crippen LogP contribution in [0.25, 0.3) is 0 Å². The molecule has 8 heteroatoms. The van der Waals surface area contributed by atoms with Gasteiger partial charge in [-0.15, -0.1) is 22.0 Å². The number of ether oxygens (including phenoxy) is 1. The van der Waals surface area contributed by atoms with Crippen LogP contribution in [0.2, 0.25) is 0 Å². The third kappa shape index (κ3) is 4.58. The standard InChI is InChI=1S/C8H11N3O3S2/c1-5-10-11-8(16-5)9-6(12)3-15-4-7(13)14-2/h3-4H2,1-2H3,(H,9,11,12). The number of nitrogens with zero attached hydrogens (tertiary/aromatic N) is 2. The minimum atomic E-state index is -0.343. The van der Waals surface area contributed by atoms with E-state index in [-0.39, 0.29) is 23.4 Å².